The Labute approximate surface area is 86.1 Å². The van der Waals surface area contributed by atoms with Gasteiger partial charge < -0.3 is 5.11 Å². The third-order valence-electron chi connectivity index (χ3n) is 1.85. The highest BCUT2D eigenvalue weighted by molar-refractivity contribution is 6.35. The van der Waals surface area contributed by atoms with Crippen molar-refractivity contribution in [2.24, 2.45) is 0 Å². The zero-order valence-corrected chi connectivity index (χ0v) is 8.53. The van der Waals surface area contributed by atoms with Crippen LogP contribution in [0.3, 0.4) is 0 Å². The van der Waals surface area contributed by atoms with Crippen molar-refractivity contribution in [3.05, 3.63) is 33.6 Å². The van der Waals surface area contributed by atoms with Crippen LogP contribution in [0.2, 0.25) is 10.0 Å². The van der Waals surface area contributed by atoms with E-state index in [4.69, 9.17) is 28.3 Å². The van der Waals surface area contributed by atoms with Crippen LogP contribution in [0.4, 0.5) is 4.39 Å². The summed E-state index contributed by atoms with van der Waals surface area (Å²) in [4.78, 5) is 0. The molecule has 1 aromatic carbocycles. The first-order valence-corrected chi connectivity index (χ1v) is 4.57. The third kappa shape index (κ3) is 2.33. The van der Waals surface area contributed by atoms with Gasteiger partial charge in [0.2, 0.25) is 0 Å². The summed E-state index contributed by atoms with van der Waals surface area (Å²) in [5.41, 5.74) is 0.735. The fraction of sp³-hybridized carbons (Fsp3) is 0.333. The molecule has 0 radical (unpaired) electrons. The lowest BCUT2D eigenvalue weighted by Gasteiger charge is -2.09. The van der Waals surface area contributed by atoms with Crippen molar-refractivity contribution in [3.8, 4) is 0 Å². The van der Waals surface area contributed by atoms with Crippen LogP contribution in [0.25, 0.3) is 0 Å². The minimum absolute atomic E-state index is 0.0113. The van der Waals surface area contributed by atoms with Crippen LogP contribution in [0.5, 0.6) is 0 Å². The highest BCUT2D eigenvalue weighted by Crippen LogP contribution is 2.28. The van der Waals surface area contributed by atoms with Gasteiger partial charge in [-0.3, -0.25) is 0 Å². The Bertz CT molecular complexity index is 291. The van der Waals surface area contributed by atoms with Crippen molar-refractivity contribution in [2.45, 2.75) is 12.8 Å². The molecule has 1 rings (SSSR count). The van der Waals surface area contributed by atoms with Crippen LogP contribution in [0, 0.1) is 5.82 Å². The van der Waals surface area contributed by atoms with Gasteiger partial charge in [-0.2, -0.15) is 0 Å². The summed E-state index contributed by atoms with van der Waals surface area (Å²) in [5.74, 6) is -0.701. The van der Waals surface area contributed by atoms with E-state index in [0.29, 0.717) is 0 Å². The largest absolute Gasteiger partial charge is 0.396 e. The Morgan fingerprint density at radius 1 is 1.38 bits per heavy atom. The summed E-state index contributed by atoms with van der Waals surface area (Å²) in [6.07, 6.45) is 0. The lowest BCUT2D eigenvalue weighted by Crippen LogP contribution is -1.99. The molecule has 0 heterocycles. The van der Waals surface area contributed by atoms with E-state index in [1.807, 2.05) is 0 Å². The molecule has 0 amide bonds. The third-order valence-corrected chi connectivity index (χ3v) is 2.40. The summed E-state index contributed by atoms with van der Waals surface area (Å²) < 4.78 is 13.0. The molecular formula is C9H9Cl2FO. The Kier molecular flexibility index (Phi) is 3.54. The number of aliphatic hydroxyl groups is 1. The van der Waals surface area contributed by atoms with E-state index >= 15 is 0 Å². The Balaban J connectivity index is 3.13. The molecule has 13 heavy (non-hydrogen) atoms. The minimum atomic E-state index is -0.614. The van der Waals surface area contributed by atoms with E-state index in [9.17, 15) is 4.39 Å². The van der Waals surface area contributed by atoms with Gasteiger partial charge >= 0.3 is 0 Å². The monoisotopic (exact) mass is 222 g/mol. The van der Waals surface area contributed by atoms with Gasteiger partial charge in [0.1, 0.15) is 0 Å². The van der Waals surface area contributed by atoms with Gasteiger partial charge in [-0.05, 0) is 17.7 Å². The number of halogens is 3. The second-order valence-corrected chi connectivity index (χ2v) is 3.70. The van der Waals surface area contributed by atoms with Gasteiger partial charge in [0.05, 0.1) is 10.0 Å². The quantitative estimate of drug-likeness (QED) is 0.763. The molecule has 0 fully saturated rings. The predicted octanol–water partition coefficient (Wildman–Crippen LogP) is 3.23. The summed E-state index contributed by atoms with van der Waals surface area (Å²) in [6.45, 7) is 1.79. The maximum absolute atomic E-state index is 13.0. The fourth-order valence-corrected chi connectivity index (χ4v) is 1.47. The van der Waals surface area contributed by atoms with E-state index in [1.54, 1.807) is 6.92 Å². The second-order valence-electron chi connectivity index (χ2n) is 2.88. The maximum Gasteiger partial charge on any atom is 0.160 e. The van der Waals surface area contributed by atoms with Gasteiger partial charge in [0.15, 0.2) is 5.82 Å². The molecule has 72 valence electrons. The molecule has 0 saturated carbocycles. The topological polar surface area (TPSA) is 20.2 Å². The van der Waals surface area contributed by atoms with Gasteiger partial charge in [0.25, 0.3) is 0 Å². The summed E-state index contributed by atoms with van der Waals surface area (Å²) in [6, 6.07) is 2.95. The van der Waals surface area contributed by atoms with Crippen molar-refractivity contribution in [3.63, 3.8) is 0 Å². The first-order valence-electron chi connectivity index (χ1n) is 3.81. The molecule has 0 aliphatic rings. The van der Waals surface area contributed by atoms with E-state index in [2.05, 4.69) is 0 Å². The predicted molar refractivity (Wildman–Crippen MR) is 51.9 cm³/mol. The van der Waals surface area contributed by atoms with Gasteiger partial charge in [-0.1, -0.05) is 30.1 Å². The molecule has 0 saturated heterocycles. The first kappa shape index (κ1) is 10.8. The number of hydrogen-bond donors (Lipinski definition) is 1. The van der Waals surface area contributed by atoms with Gasteiger partial charge in [-0.15, -0.1) is 0 Å². The van der Waals surface area contributed by atoms with Gasteiger partial charge in [0, 0.05) is 12.5 Å². The highest BCUT2D eigenvalue weighted by Gasteiger charge is 2.11. The molecule has 1 N–H and O–H groups in total. The lowest BCUT2D eigenvalue weighted by atomic mass is 10.0. The normalized spacial score (nSPS) is 13.0. The fourth-order valence-electron chi connectivity index (χ4n) is 0.965. The minimum Gasteiger partial charge on any atom is -0.396 e. The number of benzene rings is 1. The smallest absolute Gasteiger partial charge is 0.160 e. The summed E-state index contributed by atoms with van der Waals surface area (Å²) in [5, 5.41) is 8.84. The van der Waals surface area contributed by atoms with Crippen LogP contribution >= 0.6 is 23.2 Å². The standard InChI is InChI=1S/C9H9Cl2FO/c1-5(4-13)6-2-7(10)9(12)8(11)3-6/h2-3,5,13H,4H2,1H3. The first-order chi connectivity index (χ1) is 6.06. The molecule has 1 atom stereocenters. The van der Waals surface area contributed by atoms with Gasteiger partial charge in [-0.25, -0.2) is 4.39 Å². The Morgan fingerprint density at radius 3 is 2.23 bits per heavy atom. The molecule has 1 aromatic rings. The zero-order chi connectivity index (χ0) is 10.0. The number of rotatable bonds is 2. The van der Waals surface area contributed by atoms with E-state index in [1.165, 1.54) is 12.1 Å². The maximum atomic E-state index is 13.0. The summed E-state index contributed by atoms with van der Waals surface area (Å²) >= 11 is 11.2. The van der Waals surface area contributed by atoms with Crippen LogP contribution < -0.4 is 0 Å². The Morgan fingerprint density at radius 2 is 1.85 bits per heavy atom. The van der Waals surface area contributed by atoms with Crippen molar-refractivity contribution in [2.75, 3.05) is 6.61 Å². The molecule has 4 heteroatoms. The summed E-state index contributed by atoms with van der Waals surface area (Å²) in [7, 11) is 0. The van der Waals surface area contributed by atoms with Crippen molar-refractivity contribution >= 4 is 23.2 Å². The number of aliphatic hydroxyl groups excluding tert-OH is 1. The molecule has 0 bridgehead atoms. The van der Waals surface area contributed by atoms with Crippen molar-refractivity contribution < 1.29 is 9.50 Å². The van der Waals surface area contributed by atoms with Crippen LogP contribution in [-0.2, 0) is 0 Å². The van der Waals surface area contributed by atoms with E-state index in [-0.39, 0.29) is 22.6 Å². The van der Waals surface area contributed by atoms with E-state index < -0.39 is 5.82 Å². The van der Waals surface area contributed by atoms with Crippen LogP contribution in [-0.4, -0.2) is 11.7 Å². The van der Waals surface area contributed by atoms with Crippen molar-refractivity contribution in [1.29, 1.82) is 0 Å². The molecule has 0 aliphatic carbocycles. The number of hydrogen-bond acceptors (Lipinski definition) is 1. The molecule has 0 aromatic heterocycles. The van der Waals surface area contributed by atoms with Crippen LogP contribution in [0.15, 0.2) is 12.1 Å². The lowest BCUT2D eigenvalue weighted by molar-refractivity contribution is 0.273. The average molecular weight is 223 g/mol. The van der Waals surface area contributed by atoms with E-state index in [0.717, 1.165) is 5.56 Å². The SMILES string of the molecule is CC(CO)c1cc(Cl)c(F)c(Cl)c1. The zero-order valence-electron chi connectivity index (χ0n) is 7.02. The highest BCUT2D eigenvalue weighted by atomic mass is 35.5. The molecular weight excluding hydrogens is 214 g/mol. The molecule has 1 nitrogen and oxygen atoms in total. The second kappa shape index (κ2) is 4.27. The average Bonchev–Trinajstić information content (AvgIpc) is 2.12. The Hall–Kier alpha value is -0.310. The molecule has 0 aliphatic heterocycles. The molecule has 0 spiro atoms. The molecule has 1 unspecified atom stereocenters. The van der Waals surface area contributed by atoms with Crippen LogP contribution in [0.1, 0.15) is 18.4 Å². The van der Waals surface area contributed by atoms with Crippen molar-refractivity contribution in [1.82, 2.24) is 0 Å².